The van der Waals surface area contributed by atoms with Crippen molar-refractivity contribution in [3.8, 4) is 0 Å². The Hall–Kier alpha value is -1.36. The van der Waals surface area contributed by atoms with E-state index in [0.717, 1.165) is 5.82 Å². The maximum absolute atomic E-state index is 10.5. The molecule has 0 aliphatic carbocycles. The fourth-order valence-corrected chi connectivity index (χ4v) is 0.964. The summed E-state index contributed by atoms with van der Waals surface area (Å²) < 4.78 is 1.82. The van der Waals surface area contributed by atoms with Crippen LogP contribution in [0.4, 0.5) is 0 Å². The molecule has 0 unspecified atom stereocenters. The molecule has 1 aromatic rings. The summed E-state index contributed by atoms with van der Waals surface area (Å²) >= 11 is 0. The number of nitrogens with two attached hydrogens (primary N) is 2. The highest BCUT2D eigenvalue weighted by Gasteiger charge is 2.00. The van der Waals surface area contributed by atoms with Crippen molar-refractivity contribution in [1.82, 2.24) is 9.55 Å². The topological polar surface area (TPSA) is 86.9 Å². The molecule has 1 amide bonds. The third kappa shape index (κ3) is 2.06. The number of nitrogens with zero attached hydrogens (tertiary/aromatic N) is 2. The average molecular weight is 168 g/mol. The van der Waals surface area contributed by atoms with E-state index >= 15 is 0 Å². The number of imidazole rings is 1. The van der Waals surface area contributed by atoms with Gasteiger partial charge in [0.15, 0.2) is 0 Å². The molecule has 0 radical (unpaired) electrons. The minimum Gasteiger partial charge on any atom is -0.370 e. The standard InChI is InChI=1S/C7H12N4O/c8-5-7-10-2-4-11(7)3-1-6(9)12/h2,4H,1,3,5,8H2,(H2,9,12). The molecule has 0 spiro atoms. The molecule has 0 aliphatic heterocycles. The van der Waals surface area contributed by atoms with Crippen LogP contribution in [-0.2, 0) is 17.9 Å². The van der Waals surface area contributed by atoms with Gasteiger partial charge in [-0.3, -0.25) is 4.79 Å². The highest BCUT2D eigenvalue weighted by atomic mass is 16.1. The van der Waals surface area contributed by atoms with Gasteiger partial charge < -0.3 is 16.0 Å². The summed E-state index contributed by atoms with van der Waals surface area (Å²) in [5.41, 5.74) is 10.4. The van der Waals surface area contributed by atoms with Crippen LogP contribution in [0.5, 0.6) is 0 Å². The van der Waals surface area contributed by atoms with Crippen molar-refractivity contribution in [1.29, 1.82) is 0 Å². The maximum Gasteiger partial charge on any atom is 0.219 e. The Morgan fingerprint density at radius 2 is 2.42 bits per heavy atom. The molecule has 0 aromatic carbocycles. The van der Waals surface area contributed by atoms with E-state index in [9.17, 15) is 4.79 Å². The van der Waals surface area contributed by atoms with E-state index in [1.54, 1.807) is 12.4 Å². The number of amides is 1. The monoisotopic (exact) mass is 168 g/mol. The number of rotatable bonds is 4. The second kappa shape index (κ2) is 3.87. The minimum atomic E-state index is -0.313. The van der Waals surface area contributed by atoms with Crippen LogP contribution >= 0.6 is 0 Å². The van der Waals surface area contributed by atoms with Crippen molar-refractivity contribution in [3.63, 3.8) is 0 Å². The molecule has 12 heavy (non-hydrogen) atoms. The molecule has 5 nitrogen and oxygen atoms in total. The summed E-state index contributed by atoms with van der Waals surface area (Å²) in [6, 6.07) is 0. The molecular weight excluding hydrogens is 156 g/mol. The summed E-state index contributed by atoms with van der Waals surface area (Å²) in [5, 5.41) is 0. The maximum atomic E-state index is 10.5. The molecule has 5 heteroatoms. The molecule has 0 saturated carbocycles. The van der Waals surface area contributed by atoms with Gasteiger partial charge in [-0.05, 0) is 0 Å². The first kappa shape index (κ1) is 8.73. The van der Waals surface area contributed by atoms with Crippen molar-refractivity contribution in [2.45, 2.75) is 19.5 Å². The highest BCUT2D eigenvalue weighted by molar-refractivity contribution is 5.73. The number of aryl methyl sites for hydroxylation is 1. The summed E-state index contributed by atoms with van der Waals surface area (Å²) in [4.78, 5) is 14.4. The van der Waals surface area contributed by atoms with Crippen molar-refractivity contribution >= 4 is 5.91 Å². The fraction of sp³-hybridized carbons (Fsp3) is 0.429. The lowest BCUT2D eigenvalue weighted by atomic mass is 10.4. The lowest BCUT2D eigenvalue weighted by Crippen LogP contribution is -2.15. The van der Waals surface area contributed by atoms with Gasteiger partial charge in [-0.25, -0.2) is 4.98 Å². The predicted molar refractivity (Wildman–Crippen MR) is 43.9 cm³/mol. The first-order valence-corrected chi connectivity index (χ1v) is 3.72. The summed E-state index contributed by atoms with van der Waals surface area (Å²) in [7, 11) is 0. The molecule has 0 bridgehead atoms. The Morgan fingerprint density at radius 1 is 1.67 bits per heavy atom. The van der Waals surface area contributed by atoms with Crippen molar-refractivity contribution < 1.29 is 4.79 Å². The Balaban J connectivity index is 2.56. The normalized spacial score (nSPS) is 10.1. The average Bonchev–Trinajstić information content (AvgIpc) is 2.47. The number of hydrogen-bond donors (Lipinski definition) is 2. The molecule has 1 heterocycles. The smallest absolute Gasteiger partial charge is 0.219 e. The Morgan fingerprint density at radius 3 is 3.00 bits per heavy atom. The molecule has 0 aliphatic rings. The molecule has 1 rings (SSSR count). The number of carbonyl (C=O) groups excluding carboxylic acids is 1. The molecule has 0 atom stereocenters. The largest absolute Gasteiger partial charge is 0.370 e. The van der Waals surface area contributed by atoms with Crippen molar-refractivity contribution in [2.75, 3.05) is 0 Å². The van der Waals surface area contributed by atoms with Gasteiger partial charge in [-0.2, -0.15) is 0 Å². The molecule has 1 aromatic heterocycles. The second-order valence-electron chi connectivity index (χ2n) is 2.46. The van der Waals surface area contributed by atoms with Gasteiger partial charge in [-0.15, -0.1) is 0 Å². The minimum absolute atomic E-state index is 0.313. The molecular formula is C7H12N4O. The van der Waals surface area contributed by atoms with Crippen molar-refractivity contribution in [2.24, 2.45) is 11.5 Å². The third-order valence-corrected chi connectivity index (χ3v) is 1.58. The Bertz CT molecular complexity index is 268. The van der Waals surface area contributed by atoms with Crippen molar-refractivity contribution in [3.05, 3.63) is 18.2 Å². The lowest BCUT2D eigenvalue weighted by molar-refractivity contribution is -0.118. The SMILES string of the molecule is NCc1nccn1CCC(N)=O. The number of primary amides is 1. The number of carbonyl (C=O) groups is 1. The van der Waals surface area contributed by atoms with Crippen LogP contribution in [0.25, 0.3) is 0 Å². The Kier molecular flexibility index (Phi) is 2.82. The van der Waals surface area contributed by atoms with Crippen LogP contribution in [0.15, 0.2) is 12.4 Å². The van der Waals surface area contributed by atoms with Gasteiger partial charge in [0.1, 0.15) is 5.82 Å². The summed E-state index contributed by atoms with van der Waals surface area (Å²) in [5.74, 6) is 0.461. The van der Waals surface area contributed by atoms with Gasteiger partial charge in [-0.1, -0.05) is 0 Å². The lowest BCUT2D eigenvalue weighted by Gasteiger charge is -2.03. The zero-order valence-corrected chi connectivity index (χ0v) is 6.73. The highest BCUT2D eigenvalue weighted by Crippen LogP contribution is 1.97. The predicted octanol–water partition coefficient (Wildman–Crippen LogP) is -0.783. The van der Waals surface area contributed by atoms with E-state index in [2.05, 4.69) is 4.98 Å². The zero-order chi connectivity index (χ0) is 8.97. The molecule has 4 N–H and O–H groups in total. The van der Waals surface area contributed by atoms with E-state index in [0.29, 0.717) is 19.5 Å². The first-order valence-electron chi connectivity index (χ1n) is 3.72. The van der Waals surface area contributed by atoms with Crippen LogP contribution in [0.3, 0.4) is 0 Å². The third-order valence-electron chi connectivity index (χ3n) is 1.58. The molecule has 0 fully saturated rings. The van der Waals surface area contributed by atoms with Gasteiger partial charge in [0.05, 0.1) is 6.54 Å². The Labute approximate surface area is 70.4 Å². The van der Waals surface area contributed by atoms with Crippen LogP contribution in [0.2, 0.25) is 0 Å². The van der Waals surface area contributed by atoms with Gasteiger partial charge in [0, 0.05) is 25.4 Å². The summed E-state index contributed by atoms with van der Waals surface area (Å²) in [6.45, 7) is 0.938. The second-order valence-corrected chi connectivity index (χ2v) is 2.46. The van der Waals surface area contributed by atoms with Crippen LogP contribution in [-0.4, -0.2) is 15.5 Å². The van der Waals surface area contributed by atoms with Crippen LogP contribution in [0.1, 0.15) is 12.2 Å². The zero-order valence-electron chi connectivity index (χ0n) is 6.73. The number of hydrogen-bond acceptors (Lipinski definition) is 3. The van der Waals surface area contributed by atoms with E-state index < -0.39 is 0 Å². The van der Waals surface area contributed by atoms with E-state index in [1.807, 2.05) is 4.57 Å². The quantitative estimate of drug-likeness (QED) is 0.618. The van der Waals surface area contributed by atoms with E-state index in [-0.39, 0.29) is 5.91 Å². The molecule has 66 valence electrons. The summed E-state index contributed by atoms with van der Waals surface area (Å²) in [6.07, 6.45) is 3.76. The number of aromatic nitrogens is 2. The van der Waals surface area contributed by atoms with Crippen LogP contribution in [0, 0.1) is 0 Å². The fourth-order valence-electron chi connectivity index (χ4n) is 0.964. The van der Waals surface area contributed by atoms with Gasteiger partial charge >= 0.3 is 0 Å². The molecule has 0 saturated heterocycles. The van der Waals surface area contributed by atoms with Crippen LogP contribution < -0.4 is 11.5 Å². The first-order chi connectivity index (χ1) is 5.74. The van der Waals surface area contributed by atoms with Gasteiger partial charge in [0.2, 0.25) is 5.91 Å². The van der Waals surface area contributed by atoms with Gasteiger partial charge in [0.25, 0.3) is 0 Å². The van der Waals surface area contributed by atoms with E-state index in [1.165, 1.54) is 0 Å². The van der Waals surface area contributed by atoms with E-state index in [4.69, 9.17) is 11.5 Å².